The fraction of sp³-hybridized carbons (Fsp3) is 0.231. The summed E-state index contributed by atoms with van der Waals surface area (Å²) in [5.74, 6) is 3.62. The van der Waals surface area contributed by atoms with Gasteiger partial charge in [0.2, 0.25) is 0 Å². The Hall–Kier alpha value is -1.06. The molecule has 0 aliphatic heterocycles. The third-order valence-corrected chi connectivity index (χ3v) is 3.30. The Kier molecular flexibility index (Phi) is 4.83. The lowest BCUT2D eigenvalue weighted by Gasteiger charge is -2.05. The van der Waals surface area contributed by atoms with Gasteiger partial charge in [0.25, 0.3) is 0 Å². The first kappa shape index (κ1) is 12.4. The first-order valence-electron chi connectivity index (χ1n) is 5.33. The first-order valence-corrected chi connectivity index (χ1v) is 6.86. The van der Waals surface area contributed by atoms with Gasteiger partial charge in [0.1, 0.15) is 11.5 Å². The molecule has 0 radical (unpaired) electrons. The van der Waals surface area contributed by atoms with Crippen molar-refractivity contribution in [3.8, 4) is 5.75 Å². The molecule has 0 saturated carbocycles. The zero-order valence-electron chi connectivity index (χ0n) is 9.27. The molecule has 0 spiro atoms. The number of ether oxygens (including phenoxy) is 1. The van der Waals surface area contributed by atoms with Crippen LogP contribution < -0.4 is 4.74 Å². The fourth-order valence-corrected chi connectivity index (χ4v) is 2.23. The highest BCUT2D eigenvalue weighted by molar-refractivity contribution is 7.98. The molecule has 90 valence electrons. The molecule has 2 nitrogen and oxygen atoms in total. The quantitative estimate of drug-likeness (QED) is 0.732. The summed E-state index contributed by atoms with van der Waals surface area (Å²) in [6.45, 7) is 0.672. The van der Waals surface area contributed by atoms with Crippen LogP contribution >= 0.6 is 23.4 Å². The van der Waals surface area contributed by atoms with Crippen molar-refractivity contribution in [2.75, 3.05) is 12.4 Å². The van der Waals surface area contributed by atoms with Gasteiger partial charge in [0.15, 0.2) is 0 Å². The third-order valence-electron chi connectivity index (χ3n) is 2.12. The summed E-state index contributed by atoms with van der Waals surface area (Å²) in [4.78, 5) is 0. The molecule has 0 aliphatic carbocycles. The number of halogens is 1. The van der Waals surface area contributed by atoms with Crippen molar-refractivity contribution in [3.63, 3.8) is 0 Å². The van der Waals surface area contributed by atoms with Gasteiger partial charge in [0, 0.05) is 10.8 Å². The largest absolute Gasteiger partial charge is 0.493 e. The summed E-state index contributed by atoms with van der Waals surface area (Å²) >= 11 is 7.64. The van der Waals surface area contributed by atoms with Gasteiger partial charge >= 0.3 is 0 Å². The highest BCUT2D eigenvalue weighted by atomic mass is 35.5. The fourth-order valence-electron chi connectivity index (χ4n) is 1.34. The van der Waals surface area contributed by atoms with Gasteiger partial charge < -0.3 is 9.15 Å². The predicted molar refractivity (Wildman–Crippen MR) is 71.8 cm³/mol. The van der Waals surface area contributed by atoms with Crippen LogP contribution in [0.1, 0.15) is 5.76 Å². The van der Waals surface area contributed by atoms with E-state index in [2.05, 4.69) is 0 Å². The molecule has 4 heteroatoms. The zero-order chi connectivity index (χ0) is 11.9. The minimum atomic E-state index is 0.672. The summed E-state index contributed by atoms with van der Waals surface area (Å²) in [5, 5.41) is 0.700. The summed E-state index contributed by atoms with van der Waals surface area (Å²) in [6.07, 6.45) is 1.69. The van der Waals surface area contributed by atoms with Crippen LogP contribution in [0.3, 0.4) is 0 Å². The minimum absolute atomic E-state index is 0.672. The summed E-state index contributed by atoms with van der Waals surface area (Å²) in [5.41, 5.74) is 0. The molecule has 1 heterocycles. The third kappa shape index (κ3) is 4.36. The van der Waals surface area contributed by atoms with Crippen molar-refractivity contribution in [3.05, 3.63) is 53.4 Å². The summed E-state index contributed by atoms with van der Waals surface area (Å²) in [6, 6.07) is 11.3. The first-order chi connectivity index (χ1) is 8.34. The van der Waals surface area contributed by atoms with Crippen LogP contribution in [0.2, 0.25) is 5.02 Å². The maximum Gasteiger partial charge on any atom is 0.120 e. The van der Waals surface area contributed by atoms with Crippen LogP contribution in [0.25, 0.3) is 0 Å². The van der Waals surface area contributed by atoms with Gasteiger partial charge in [-0.2, -0.15) is 11.8 Å². The van der Waals surface area contributed by atoms with Crippen LogP contribution in [0.4, 0.5) is 0 Å². The number of benzene rings is 1. The van der Waals surface area contributed by atoms with Crippen LogP contribution in [-0.2, 0) is 5.75 Å². The Morgan fingerprint density at radius 3 is 2.94 bits per heavy atom. The molecule has 0 fully saturated rings. The van der Waals surface area contributed by atoms with E-state index in [9.17, 15) is 0 Å². The van der Waals surface area contributed by atoms with Gasteiger partial charge in [-0.25, -0.2) is 0 Å². The van der Waals surface area contributed by atoms with Crippen molar-refractivity contribution in [1.29, 1.82) is 0 Å². The van der Waals surface area contributed by atoms with E-state index >= 15 is 0 Å². The van der Waals surface area contributed by atoms with Gasteiger partial charge in [-0.15, -0.1) is 0 Å². The Balaban J connectivity index is 1.63. The molecule has 1 aromatic carbocycles. The zero-order valence-corrected chi connectivity index (χ0v) is 10.8. The monoisotopic (exact) mass is 268 g/mol. The molecule has 1 aromatic heterocycles. The molecule has 0 atom stereocenters. The molecule has 17 heavy (non-hydrogen) atoms. The average molecular weight is 269 g/mol. The molecule has 0 unspecified atom stereocenters. The van der Waals surface area contributed by atoms with E-state index in [-0.39, 0.29) is 0 Å². The molecule has 0 aliphatic rings. The van der Waals surface area contributed by atoms with Crippen molar-refractivity contribution < 1.29 is 9.15 Å². The number of rotatable bonds is 6. The molecule has 0 saturated heterocycles. The maximum absolute atomic E-state index is 5.85. The van der Waals surface area contributed by atoms with E-state index in [0.717, 1.165) is 23.0 Å². The minimum Gasteiger partial charge on any atom is -0.493 e. The van der Waals surface area contributed by atoms with E-state index < -0.39 is 0 Å². The second-order valence-corrected chi connectivity index (χ2v) is 4.98. The molecule has 2 rings (SSSR count). The summed E-state index contributed by atoms with van der Waals surface area (Å²) in [7, 11) is 0. The van der Waals surface area contributed by atoms with Crippen LogP contribution in [0.15, 0.2) is 47.1 Å². The lowest BCUT2D eigenvalue weighted by atomic mass is 10.3. The van der Waals surface area contributed by atoms with Crippen molar-refractivity contribution >= 4 is 23.4 Å². The Bertz CT molecular complexity index is 442. The van der Waals surface area contributed by atoms with E-state index in [0.29, 0.717) is 11.6 Å². The van der Waals surface area contributed by atoms with Crippen LogP contribution in [-0.4, -0.2) is 12.4 Å². The maximum atomic E-state index is 5.85. The standard InChI is InChI=1S/C13H13ClO2S/c14-11-3-1-4-12(9-11)16-7-8-17-10-13-5-2-6-15-13/h1-6,9H,7-8,10H2. The number of thioether (sulfide) groups is 1. The van der Waals surface area contributed by atoms with Gasteiger partial charge in [-0.3, -0.25) is 0 Å². The lowest BCUT2D eigenvalue weighted by Crippen LogP contribution is -2.00. The van der Waals surface area contributed by atoms with E-state index in [4.69, 9.17) is 20.8 Å². The Morgan fingerprint density at radius 1 is 1.24 bits per heavy atom. The molecular weight excluding hydrogens is 256 g/mol. The SMILES string of the molecule is Clc1cccc(OCCSCc2ccco2)c1. The molecule has 0 N–H and O–H groups in total. The van der Waals surface area contributed by atoms with Crippen molar-refractivity contribution in [2.24, 2.45) is 0 Å². The smallest absolute Gasteiger partial charge is 0.120 e. The molecular formula is C13H13ClO2S. The van der Waals surface area contributed by atoms with E-state index in [1.54, 1.807) is 18.0 Å². The highest BCUT2D eigenvalue weighted by Gasteiger charge is 1.97. The highest BCUT2D eigenvalue weighted by Crippen LogP contribution is 2.18. The van der Waals surface area contributed by atoms with Crippen LogP contribution in [0.5, 0.6) is 5.75 Å². The average Bonchev–Trinajstić information content (AvgIpc) is 2.82. The van der Waals surface area contributed by atoms with Gasteiger partial charge in [-0.05, 0) is 30.3 Å². The molecule has 2 aromatic rings. The van der Waals surface area contributed by atoms with E-state index in [1.165, 1.54) is 0 Å². The normalized spacial score (nSPS) is 10.4. The van der Waals surface area contributed by atoms with Gasteiger partial charge in [-0.1, -0.05) is 17.7 Å². The Morgan fingerprint density at radius 2 is 2.18 bits per heavy atom. The second kappa shape index (κ2) is 6.62. The van der Waals surface area contributed by atoms with Crippen molar-refractivity contribution in [2.45, 2.75) is 5.75 Å². The van der Waals surface area contributed by atoms with Crippen molar-refractivity contribution in [1.82, 2.24) is 0 Å². The summed E-state index contributed by atoms with van der Waals surface area (Å²) < 4.78 is 10.8. The Labute approximate surface area is 110 Å². The lowest BCUT2D eigenvalue weighted by molar-refractivity contribution is 0.344. The van der Waals surface area contributed by atoms with Crippen LogP contribution in [0, 0.1) is 0 Å². The second-order valence-electron chi connectivity index (χ2n) is 3.44. The molecule has 0 bridgehead atoms. The van der Waals surface area contributed by atoms with Gasteiger partial charge in [0.05, 0.1) is 18.6 Å². The predicted octanol–water partition coefficient (Wildman–Crippen LogP) is 4.25. The number of hydrogen-bond acceptors (Lipinski definition) is 3. The number of hydrogen-bond donors (Lipinski definition) is 0. The topological polar surface area (TPSA) is 22.4 Å². The molecule has 0 amide bonds. The number of furan rings is 1. The van der Waals surface area contributed by atoms with E-state index in [1.807, 2.05) is 36.4 Å².